The van der Waals surface area contributed by atoms with Gasteiger partial charge in [0.25, 0.3) is 5.56 Å². The van der Waals surface area contributed by atoms with Gasteiger partial charge >= 0.3 is 0 Å². The summed E-state index contributed by atoms with van der Waals surface area (Å²) >= 11 is 0. The Bertz CT molecular complexity index is 1030. The second-order valence-corrected chi connectivity index (χ2v) is 10.2. The molecule has 7 nitrogen and oxygen atoms in total. The van der Waals surface area contributed by atoms with Crippen LogP contribution >= 0.6 is 0 Å². The van der Waals surface area contributed by atoms with Crippen LogP contribution in [0.15, 0.2) is 23.0 Å². The molecule has 3 fully saturated rings. The molecule has 0 amide bonds. The SMILES string of the molecule is Cc1cc(CN2C[C@@H]3C[C@H](C2)c2ccc(CN4C[C@H]5CC[C@@H](C4)O5)c(=O)n2C3)n(C)n1. The third kappa shape index (κ3) is 3.66. The van der Waals surface area contributed by atoms with Gasteiger partial charge in [0, 0.05) is 70.0 Å². The highest BCUT2D eigenvalue weighted by Crippen LogP contribution is 2.36. The lowest BCUT2D eigenvalue weighted by molar-refractivity contribution is -0.0412. The molecule has 3 saturated heterocycles. The largest absolute Gasteiger partial charge is 0.372 e. The number of fused-ring (bicyclic) bond motifs is 6. The van der Waals surface area contributed by atoms with Crippen molar-refractivity contribution in [2.24, 2.45) is 13.0 Å². The number of aromatic nitrogens is 3. The second kappa shape index (κ2) is 7.57. The summed E-state index contributed by atoms with van der Waals surface area (Å²) in [5.41, 5.74) is 4.77. The summed E-state index contributed by atoms with van der Waals surface area (Å²) in [7, 11) is 2.03. The Morgan fingerprint density at radius 1 is 1.03 bits per heavy atom. The molecule has 166 valence electrons. The minimum Gasteiger partial charge on any atom is -0.372 e. The van der Waals surface area contributed by atoms with E-state index in [0.717, 1.165) is 57.1 Å². The summed E-state index contributed by atoms with van der Waals surface area (Å²) in [5, 5.41) is 4.50. The first-order chi connectivity index (χ1) is 15.0. The van der Waals surface area contributed by atoms with Gasteiger partial charge in [-0.15, -0.1) is 0 Å². The first kappa shape index (κ1) is 19.7. The second-order valence-electron chi connectivity index (χ2n) is 10.2. The van der Waals surface area contributed by atoms with Gasteiger partial charge in [-0.25, -0.2) is 0 Å². The predicted octanol–water partition coefficient (Wildman–Crippen LogP) is 1.87. The van der Waals surface area contributed by atoms with Crippen LogP contribution in [0.4, 0.5) is 0 Å². The van der Waals surface area contributed by atoms with E-state index in [2.05, 4.69) is 44.6 Å². The first-order valence-electron chi connectivity index (χ1n) is 11.8. The van der Waals surface area contributed by atoms with Crippen LogP contribution < -0.4 is 5.56 Å². The molecule has 2 aromatic rings. The van der Waals surface area contributed by atoms with Gasteiger partial charge in [0.15, 0.2) is 0 Å². The summed E-state index contributed by atoms with van der Waals surface area (Å²) in [6, 6.07) is 6.53. The lowest BCUT2D eigenvalue weighted by Crippen LogP contribution is -2.48. The van der Waals surface area contributed by atoms with E-state index in [0.29, 0.717) is 24.0 Å². The molecule has 0 N–H and O–H groups in total. The highest BCUT2D eigenvalue weighted by atomic mass is 16.5. The molecule has 0 aliphatic carbocycles. The van der Waals surface area contributed by atoms with E-state index in [1.807, 2.05) is 11.7 Å². The van der Waals surface area contributed by atoms with Crippen molar-refractivity contribution in [3.63, 3.8) is 0 Å². The van der Waals surface area contributed by atoms with Crippen molar-refractivity contribution in [3.8, 4) is 0 Å². The molecule has 4 atom stereocenters. The molecule has 7 heteroatoms. The zero-order valence-electron chi connectivity index (χ0n) is 18.7. The van der Waals surface area contributed by atoms with Gasteiger partial charge in [-0.3, -0.25) is 19.3 Å². The maximum absolute atomic E-state index is 13.4. The van der Waals surface area contributed by atoms with Crippen LogP contribution in [0.2, 0.25) is 0 Å². The summed E-state index contributed by atoms with van der Waals surface area (Å²) in [5.74, 6) is 0.996. The fourth-order valence-electron chi connectivity index (χ4n) is 6.45. The van der Waals surface area contributed by atoms with Crippen LogP contribution in [0, 0.1) is 12.8 Å². The molecule has 0 spiro atoms. The van der Waals surface area contributed by atoms with Crippen molar-refractivity contribution in [1.82, 2.24) is 24.1 Å². The summed E-state index contributed by atoms with van der Waals surface area (Å²) in [6.07, 6.45) is 4.28. The predicted molar refractivity (Wildman–Crippen MR) is 118 cm³/mol. The average molecular weight is 424 g/mol. The molecule has 4 aliphatic rings. The number of pyridine rings is 1. The molecule has 2 aromatic heterocycles. The molecule has 6 heterocycles. The van der Waals surface area contributed by atoms with Gasteiger partial charge in [0.05, 0.1) is 23.6 Å². The molecule has 0 saturated carbocycles. The minimum atomic E-state index is 0.238. The molecule has 4 aliphatic heterocycles. The third-order valence-electron chi connectivity index (χ3n) is 7.76. The maximum Gasteiger partial charge on any atom is 0.255 e. The first-order valence-corrected chi connectivity index (χ1v) is 11.8. The molecule has 31 heavy (non-hydrogen) atoms. The molecule has 4 bridgehead atoms. The van der Waals surface area contributed by atoms with Crippen molar-refractivity contribution >= 4 is 0 Å². The van der Waals surface area contributed by atoms with Gasteiger partial charge < -0.3 is 9.30 Å². The monoisotopic (exact) mass is 423 g/mol. The van der Waals surface area contributed by atoms with Crippen LogP contribution in [-0.2, 0) is 31.4 Å². The Morgan fingerprint density at radius 3 is 2.55 bits per heavy atom. The lowest BCUT2D eigenvalue weighted by Gasteiger charge is -2.43. The third-order valence-corrected chi connectivity index (χ3v) is 7.76. The van der Waals surface area contributed by atoms with Crippen LogP contribution in [0.25, 0.3) is 0 Å². The average Bonchev–Trinajstić information content (AvgIpc) is 3.24. The van der Waals surface area contributed by atoms with Crippen LogP contribution in [0.3, 0.4) is 0 Å². The van der Waals surface area contributed by atoms with Gasteiger partial charge in [-0.05, 0) is 44.2 Å². The Labute approximate surface area is 183 Å². The number of nitrogens with zero attached hydrogens (tertiary/aromatic N) is 5. The molecular weight excluding hydrogens is 390 g/mol. The van der Waals surface area contributed by atoms with E-state index in [4.69, 9.17) is 4.74 Å². The molecule has 6 rings (SSSR count). The van der Waals surface area contributed by atoms with Gasteiger partial charge in [-0.2, -0.15) is 5.10 Å². The number of piperidine rings is 1. The van der Waals surface area contributed by atoms with Gasteiger partial charge in [0.1, 0.15) is 0 Å². The summed E-state index contributed by atoms with van der Waals surface area (Å²) in [6.45, 7) is 8.61. The zero-order valence-corrected chi connectivity index (χ0v) is 18.7. The topological polar surface area (TPSA) is 55.5 Å². The zero-order chi connectivity index (χ0) is 21.1. The fraction of sp³-hybridized carbons (Fsp3) is 0.667. The Hall–Kier alpha value is -1.96. The standard InChI is InChI=1S/C24H33N5O2/c1-16-7-20(26(2)25-16)13-27-9-17-8-19(12-27)23-6-3-18(24(30)29(23)10-17)11-28-14-21-4-5-22(15-28)31-21/h3,6-7,17,19,21-22H,4-5,8-15H2,1-2H3/t17-,19+,21-,22+/m0/s1. The molecular formula is C24H33N5O2. The Morgan fingerprint density at radius 2 is 1.81 bits per heavy atom. The summed E-state index contributed by atoms with van der Waals surface area (Å²) in [4.78, 5) is 18.4. The van der Waals surface area contributed by atoms with E-state index in [9.17, 15) is 4.79 Å². The van der Waals surface area contributed by atoms with Gasteiger partial charge in [0.2, 0.25) is 0 Å². The normalized spacial score (nSPS) is 30.5. The minimum absolute atomic E-state index is 0.238. The Kier molecular flexibility index (Phi) is 4.81. The van der Waals surface area contributed by atoms with E-state index < -0.39 is 0 Å². The van der Waals surface area contributed by atoms with E-state index in [1.54, 1.807) is 0 Å². The van der Waals surface area contributed by atoms with Crippen LogP contribution in [0.5, 0.6) is 0 Å². The number of ether oxygens (including phenoxy) is 1. The fourth-order valence-corrected chi connectivity index (χ4v) is 6.45. The number of likely N-dealkylation sites (tertiary alicyclic amines) is 2. The molecule has 0 aromatic carbocycles. The number of aryl methyl sites for hydroxylation is 2. The number of morpholine rings is 1. The van der Waals surface area contributed by atoms with Crippen LogP contribution in [0.1, 0.15) is 47.8 Å². The molecule has 0 radical (unpaired) electrons. The number of rotatable bonds is 4. The van der Waals surface area contributed by atoms with E-state index in [-0.39, 0.29) is 5.56 Å². The van der Waals surface area contributed by atoms with Crippen molar-refractivity contribution < 1.29 is 4.74 Å². The van der Waals surface area contributed by atoms with Crippen molar-refractivity contribution in [3.05, 3.63) is 51.2 Å². The van der Waals surface area contributed by atoms with Crippen molar-refractivity contribution in [2.75, 3.05) is 26.2 Å². The highest BCUT2D eigenvalue weighted by Gasteiger charge is 2.36. The number of hydrogen-bond donors (Lipinski definition) is 0. The van der Waals surface area contributed by atoms with E-state index >= 15 is 0 Å². The highest BCUT2D eigenvalue weighted by molar-refractivity contribution is 5.23. The smallest absolute Gasteiger partial charge is 0.255 e. The quantitative estimate of drug-likeness (QED) is 0.752. The number of hydrogen-bond acceptors (Lipinski definition) is 5. The van der Waals surface area contributed by atoms with Crippen molar-refractivity contribution in [2.45, 2.75) is 63.9 Å². The van der Waals surface area contributed by atoms with E-state index in [1.165, 1.54) is 30.7 Å². The maximum atomic E-state index is 13.4. The summed E-state index contributed by atoms with van der Waals surface area (Å²) < 4.78 is 10.1. The van der Waals surface area contributed by atoms with Gasteiger partial charge in [-0.1, -0.05) is 6.07 Å². The Balaban J connectivity index is 1.20. The van der Waals surface area contributed by atoms with Crippen molar-refractivity contribution in [1.29, 1.82) is 0 Å². The van der Waals surface area contributed by atoms with Crippen LogP contribution in [-0.4, -0.2) is 62.5 Å². The molecule has 0 unspecified atom stereocenters. The lowest BCUT2D eigenvalue weighted by atomic mass is 9.83.